The smallest absolute Gasteiger partial charge is 0.252 e. The van der Waals surface area contributed by atoms with Crippen LogP contribution in [-0.2, 0) is 14.4 Å². The monoisotopic (exact) mass is 251 g/mol. The summed E-state index contributed by atoms with van der Waals surface area (Å²) in [6.45, 7) is 3.50. The van der Waals surface area contributed by atoms with Crippen LogP contribution in [0.2, 0.25) is 0 Å². The van der Waals surface area contributed by atoms with E-state index in [2.05, 4.69) is 5.32 Å². The van der Waals surface area contributed by atoms with Gasteiger partial charge in [0.05, 0.1) is 12.5 Å². The van der Waals surface area contributed by atoms with Gasteiger partial charge in [-0.2, -0.15) is 5.26 Å². The Bertz CT molecular complexity index is 421. The van der Waals surface area contributed by atoms with Gasteiger partial charge in [0.25, 0.3) is 5.91 Å². The number of carbonyl (C=O) groups is 3. The highest BCUT2D eigenvalue weighted by atomic mass is 16.2. The van der Waals surface area contributed by atoms with Gasteiger partial charge < -0.3 is 5.32 Å². The van der Waals surface area contributed by atoms with E-state index in [1.165, 1.54) is 7.05 Å². The van der Waals surface area contributed by atoms with Gasteiger partial charge in [0.2, 0.25) is 11.8 Å². The Labute approximate surface area is 106 Å². The molecule has 1 fully saturated rings. The predicted octanol–water partition coefficient (Wildman–Crippen LogP) is 0.190. The van der Waals surface area contributed by atoms with Gasteiger partial charge in [0, 0.05) is 7.05 Å². The van der Waals surface area contributed by atoms with Crippen molar-refractivity contribution in [2.75, 3.05) is 7.05 Å². The third-order valence-corrected chi connectivity index (χ3v) is 3.54. The minimum absolute atomic E-state index is 0.0317. The Balaban J connectivity index is 2.81. The molecule has 3 amide bonds. The summed E-state index contributed by atoms with van der Waals surface area (Å²) < 4.78 is 0. The lowest BCUT2D eigenvalue weighted by molar-refractivity contribution is -0.139. The van der Waals surface area contributed by atoms with Crippen LogP contribution in [-0.4, -0.2) is 35.7 Å². The second-order valence-corrected chi connectivity index (χ2v) is 4.42. The number of amides is 3. The van der Waals surface area contributed by atoms with Crippen molar-refractivity contribution in [3.8, 4) is 6.07 Å². The Kier molecular flexibility index (Phi) is 4.07. The van der Waals surface area contributed by atoms with Crippen molar-refractivity contribution < 1.29 is 14.4 Å². The molecule has 6 heteroatoms. The van der Waals surface area contributed by atoms with E-state index >= 15 is 0 Å². The highest BCUT2D eigenvalue weighted by molar-refractivity contribution is 6.07. The zero-order chi connectivity index (χ0) is 13.9. The second kappa shape index (κ2) is 5.17. The minimum atomic E-state index is -1.12. The zero-order valence-electron chi connectivity index (χ0n) is 10.8. The molecule has 1 rings (SSSR count). The van der Waals surface area contributed by atoms with E-state index in [0.717, 1.165) is 4.90 Å². The molecule has 1 aliphatic rings. The average Bonchev–Trinajstić information content (AvgIpc) is 2.60. The molecule has 1 heterocycles. The molecule has 0 aromatic heterocycles. The maximum absolute atomic E-state index is 12.1. The number of likely N-dealkylation sites (N-methyl/N-ethyl adjacent to an activating group) is 1. The summed E-state index contributed by atoms with van der Waals surface area (Å²) in [5, 5.41) is 11.6. The first-order valence-electron chi connectivity index (χ1n) is 5.94. The van der Waals surface area contributed by atoms with Crippen LogP contribution in [0.5, 0.6) is 0 Å². The van der Waals surface area contributed by atoms with E-state index in [1.807, 2.05) is 6.07 Å². The van der Waals surface area contributed by atoms with E-state index in [1.54, 1.807) is 13.8 Å². The summed E-state index contributed by atoms with van der Waals surface area (Å²) >= 11 is 0. The molecule has 1 atom stereocenters. The minimum Gasteiger partial charge on any atom is -0.342 e. The largest absolute Gasteiger partial charge is 0.342 e. The number of nitrogens with zero attached hydrogens (tertiary/aromatic N) is 2. The second-order valence-electron chi connectivity index (χ2n) is 4.42. The van der Waals surface area contributed by atoms with Crippen molar-refractivity contribution in [1.29, 1.82) is 5.26 Å². The lowest BCUT2D eigenvalue weighted by Gasteiger charge is -2.23. The first kappa shape index (κ1) is 14.2. The Hall–Kier alpha value is -1.90. The molecule has 0 saturated carbocycles. The fraction of sp³-hybridized carbons (Fsp3) is 0.667. The number of nitriles is 1. The number of hydrogen-bond acceptors (Lipinski definition) is 4. The molecular formula is C12H17N3O3. The van der Waals surface area contributed by atoms with Gasteiger partial charge >= 0.3 is 0 Å². The SMILES string of the molecule is CCC(C#N)(CC)C(=O)NC1CC(=O)N(C)C1=O. The molecule has 0 bridgehead atoms. The number of imide groups is 1. The Morgan fingerprint density at radius 2 is 2.06 bits per heavy atom. The van der Waals surface area contributed by atoms with Gasteiger partial charge in [-0.25, -0.2) is 0 Å². The molecule has 18 heavy (non-hydrogen) atoms. The average molecular weight is 251 g/mol. The molecular weight excluding hydrogens is 234 g/mol. The van der Waals surface area contributed by atoms with Crippen LogP contribution < -0.4 is 5.32 Å². The van der Waals surface area contributed by atoms with E-state index in [-0.39, 0.29) is 12.3 Å². The topological polar surface area (TPSA) is 90.3 Å². The molecule has 0 aromatic carbocycles. The molecule has 98 valence electrons. The maximum Gasteiger partial charge on any atom is 0.252 e. The van der Waals surface area contributed by atoms with Gasteiger partial charge in [-0.1, -0.05) is 13.8 Å². The molecule has 1 unspecified atom stereocenters. The first-order chi connectivity index (χ1) is 8.41. The molecule has 1 aliphatic heterocycles. The van der Waals surface area contributed by atoms with Crippen molar-refractivity contribution >= 4 is 17.7 Å². The van der Waals surface area contributed by atoms with Crippen molar-refractivity contribution in [3.05, 3.63) is 0 Å². The fourth-order valence-electron chi connectivity index (χ4n) is 1.94. The maximum atomic E-state index is 12.1. The molecule has 0 aromatic rings. The Morgan fingerprint density at radius 1 is 1.50 bits per heavy atom. The highest BCUT2D eigenvalue weighted by Gasteiger charge is 2.41. The normalized spacial score (nSPS) is 19.9. The Morgan fingerprint density at radius 3 is 2.39 bits per heavy atom. The van der Waals surface area contributed by atoms with Gasteiger partial charge in [0.1, 0.15) is 11.5 Å². The van der Waals surface area contributed by atoms with Crippen molar-refractivity contribution in [2.45, 2.75) is 39.2 Å². The molecule has 0 spiro atoms. The summed E-state index contributed by atoms with van der Waals surface area (Å²) in [7, 11) is 1.38. The van der Waals surface area contributed by atoms with Crippen LogP contribution in [0.25, 0.3) is 0 Å². The van der Waals surface area contributed by atoms with Crippen LogP contribution in [0.4, 0.5) is 0 Å². The molecule has 1 N–H and O–H groups in total. The van der Waals surface area contributed by atoms with Crippen LogP contribution in [0.15, 0.2) is 0 Å². The highest BCUT2D eigenvalue weighted by Crippen LogP contribution is 2.26. The number of carbonyl (C=O) groups excluding carboxylic acids is 3. The standard InChI is InChI=1S/C12H17N3O3/c1-4-12(5-2,7-13)11(18)14-8-6-9(16)15(3)10(8)17/h8H,4-6H2,1-3H3,(H,14,18). The van der Waals surface area contributed by atoms with Gasteiger partial charge in [-0.05, 0) is 12.8 Å². The van der Waals surface area contributed by atoms with Crippen molar-refractivity contribution in [3.63, 3.8) is 0 Å². The van der Waals surface area contributed by atoms with E-state index in [0.29, 0.717) is 12.8 Å². The third-order valence-electron chi connectivity index (χ3n) is 3.54. The van der Waals surface area contributed by atoms with Gasteiger partial charge in [-0.15, -0.1) is 0 Å². The number of nitrogens with one attached hydrogen (secondary N) is 1. The van der Waals surface area contributed by atoms with Gasteiger partial charge in [0.15, 0.2) is 0 Å². The number of hydrogen-bond donors (Lipinski definition) is 1. The van der Waals surface area contributed by atoms with Crippen LogP contribution in [0.1, 0.15) is 33.1 Å². The molecule has 0 radical (unpaired) electrons. The van der Waals surface area contributed by atoms with E-state index < -0.39 is 23.3 Å². The zero-order valence-corrected chi connectivity index (χ0v) is 10.8. The third kappa shape index (κ3) is 2.21. The lowest BCUT2D eigenvalue weighted by atomic mass is 9.83. The number of rotatable bonds is 4. The molecule has 0 aliphatic carbocycles. The van der Waals surface area contributed by atoms with Crippen LogP contribution >= 0.6 is 0 Å². The lowest BCUT2D eigenvalue weighted by Crippen LogP contribution is -2.47. The summed E-state index contributed by atoms with van der Waals surface area (Å²) in [4.78, 5) is 36.0. The molecule has 1 saturated heterocycles. The van der Waals surface area contributed by atoms with Crippen molar-refractivity contribution in [1.82, 2.24) is 10.2 Å². The van der Waals surface area contributed by atoms with E-state index in [9.17, 15) is 14.4 Å². The summed E-state index contributed by atoms with van der Waals surface area (Å²) in [6, 6.07) is 1.17. The fourth-order valence-corrected chi connectivity index (χ4v) is 1.94. The number of likely N-dealkylation sites (tertiary alicyclic amines) is 1. The summed E-state index contributed by atoms with van der Waals surface area (Å²) in [5.74, 6) is -1.22. The first-order valence-corrected chi connectivity index (χ1v) is 5.94. The van der Waals surface area contributed by atoms with Crippen LogP contribution in [0, 0.1) is 16.7 Å². The quantitative estimate of drug-likeness (QED) is 0.722. The summed E-state index contributed by atoms with van der Waals surface area (Å²) in [5.41, 5.74) is -1.12. The van der Waals surface area contributed by atoms with Crippen molar-refractivity contribution in [2.24, 2.45) is 5.41 Å². The van der Waals surface area contributed by atoms with Gasteiger partial charge in [-0.3, -0.25) is 19.3 Å². The van der Waals surface area contributed by atoms with E-state index in [4.69, 9.17) is 5.26 Å². The predicted molar refractivity (Wildman–Crippen MR) is 63.0 cm³/mol. The van der Waals surface area contributed by atoms with Crippen LogP contribution in [0.3, 0.4) is 0 Å². The summed E-state index contributed by atoms with van der Waals surface area (Å²) in [6.07, 6.45) is 0.711. The molecule has 6 nitrogen and oxygen atoms in total.